The molecule has 0 saturated carbocycles. The summed E-state index contributed by atoms with van der Waals surface area (Å²) in [5, 5.41) is 0. The molecule has 0 unspecified atom stereocenters. The Bertz CT molecular complexity index is 805. The molecule has 0 aromatic carbocycles. The van der Waals surface area contributed by atoms with E-state index in [4.69, 9.17) is 42.6 Å². The van der Waals surface area contributed by atoms with Crippen LogP contribution in [0.25, 0.3) is 0 Å². The van der Waals surface area contributed by atoms with Crippen molar-refractivity contribution in [2.45, 2.75) is 102 Å². The number of carbonyl (C=O) groups excluding carboxylic acids is 3. The maximum Gasteiger partial charge on any atom is 0.303 e. The van der Waals surface area contributed by atoms with Gasteiger partial charge in [-0.2, -0.15) is 0 Å². The van der Waals surface area contributed by atoms with Crippen LogP contribution in [0, 0.1) is 0 Å². The fourth-order valence-corrected chi connectivity index (χ4v) is 4.57. The largest absolute Gasteiger partial charge is 0.463 e. The Morgan fingerprint density at radius 2 is 1.56 bits per heavy atom. The van der Waals surface area contributed by atoms with Crippen LogP contribution in [0.2, 0.25) is 0 Å². The van der Waals surface area contributed by atoms with E-state index >= 15 is 4.39 Å². The highest BCUT2D eigenvalue weighted by Crippen LogP contribution is 2.43. The van der Waals surface area contributed by atoms with Crippen LogP contribution in [0.1, 0.15) is 34.6 Å². The first-order chi connectivity index (χ1) is 15.9. The normalized spacial score (nSPS) is 42.5. The van der Waals surface area contributed by atoms with Gasteiger partial charge >= 0.3 is 17.9 Å². The molecule has 0 spiro atoms. The number of rotatable bonds is 6. The maximum absolute atomic E-state index is 15.7. The van der Waals surface area contributed by atoms with Crippen LogP contribution in [-0.4, -0.2) is 98.4 Å². The average molecular weight is 492 g/mol. The lowest BCUT2D eigenvalue weighted by Gasteiger charge is -2.44. The SMILES string of the molecule is CC(=O)OC[C@H]1O[C@H](O[C@H]2[C@@H]3OC(C)(C)O[C@@H]3[C@@H]3OC[C@H]2O3)[C@H](F)[C@@H](OC(C)=O)[C@@H]1OC(C)=O. The van der Waals surface area contributed by atoms with E-state index in [1.165, 1.54) is 6.92 Å². The summed E-state index contributed by atoms with van der Waals surface area (Å²) in [7, 11) is 0. The summed E-state index contributed by atoms with van der Waals surface area (Å²) in [5.74, 6) is -3.15. The Balaban J connectivity index is 1.58. The first kappa shape index (κ1) is 25.2. The number of ether oxygens (including phenoxy) is 9. The summed E-state index contributed by atoms with van der Waals surface area (Å²) in [6.07, 6.45) is -11.2. The highest BCUT2D eigenvalue weighted by molar-refractivity contribution is 5.67. The Labute approximate surface area is 195 Å². The van der Waals surface area contributed by atoms with E-state index < -0.39 is 91.8 Å². The topological polar surface area (TPSA) is 134 Å². The van der Waals surface area contributed by atoms with Crippen molar-refractivity contribution in [2.75, 3.05) is 13.2 Å². The third-order valence-corrected chi connectivity index (χ3v) is 5.77. The zero-order chi connectivity index (χ0) is 24.8. The molecule has 0 aliphatic carbocycles. The lowest BCUT2D eigenvalue weighted by atomic mass is 9.98. The van der Waals surface area contributed by atoms with Crippen LogP contribution in [0.4, 0.5) is 4.39 Å². The van der Waals surface area contributed by atoms with Gasteiger partial charge < -0.3 is 42.6 Å². The van der Waals surface area contributed by atoms with Crippen LogP contribution in [-0.2, 0) is 57.0 Å². The van der Waals surface area contributed by atoms with Crippen molar-refractivity contribution in [3.63, 3.8) is 0 Å². The molecule has 0 amide bonds. The molecule has 4 fully saturated rings. The van der Waals surface area contributed by atoms with Gasteiger partial charge in [0.1, 0.15) is 37.1 Å². The number of carbonyl (C=O) groups is 3. The molecule has 4 aliphatic heterocycles. The highest BCUT2D eigenvalue weighted by Gasteiger charge is 2.61. The second kappa shape index (κ2) is 9.63. The van der Waals surface area contributed by atoms with Gasteiger partial charge in [0.15, 0.2) is 36.7 Å². The zero-order valence-electron chi connectivity index (χ0n) is 19.5. The highest BCUT2D eigenvalue weighted by atomic mass is 19.1. The second-order valence-corrected chi connectivity index (χ2v) is 8.98. The summed E-state index contributed by atoms with van der Waals surface area (Å²) in [6.45, 7) is 6.59. The first-order valence-corrected chi connectivity index (χ1v) is 11.0. The first-order valence-electron chi connectivity index (χ1n) is 11.0. The number of hydrogen-bond acceptors (Lipinski definition) is 12. The van der Waals surface area contributed by atoms with Gasteiger partial charge in [-0.25, -0.2) is 4.39 Å². The van der Waals surface area contributed by atoms with E-state index in [1.54, 1.807) is 13.8 Å². The van der Waals surface area contributed by atoms with Crippen LogP contribution in [0.5, 0.6) is 0 Å². The second-order valence-electron chi connectivity index (χ2n) is 8.98. The third kappa shape index (κ3) is 5.19. The van der Waals surface area contributed by atoms with E-state index in [9.17, 15) is 14.4 Å². The van der Waals surface area contributed by atoms with Crippen molar-refractivity contribution in [2.24, 2.45) is 0 Å². The van der Waals surface area contributed by atoms with E-state index in [2.05, 4.69) is 0 Å². The van der Waals surface area contributed by atoms with E-state index in [-0.39, 0.29) is 6.61 Å². The van der Waals surface area contributed by atoms with Crippen LogP contribution < -0.4 is 0 Å². The minimum atomic E-state index is -2.06. The molecule has 4 rings (SSSR count). The Morgan fingerprint density at radius 3 is 2.21 bits per heavy atom. The summed E-state index contributed by atoms with van der Waals surface area (Å²) in [5.41, 5.74) is 0. The molecule has 0 radical (unpaired) electrons. The number of halogens is 1. The van der Waals surface area contributed by atoms with Gasteiger partial charge in [0, 0.05) is 20.8 Å². The average Bonchev–Trinajstić information content (AvgIpc) is 3.30. The van der Waals surface area contributed by atoms with Gasteiger partial charge in [-0.05, 0) is 13.8 Å². The molecule has 13 heteroatoms. The molecule has 0 aromatic heterocycles. The molecule has 192 valence electrons. The van der Waals surface area contributed by atoms with Gasteiger partial charge in [-0.3, -0.25) is 14.4 Å². The van der Waals surface area contributed by atoms with Crippen LogP contribution in [0.15, 0.2) is 0 Å². The smallest absolute Gasteiger partial charge is 0.303 e. The van der Waals surface area contributed by atoms with E-state index in [0.717, 1.165) is 13.8 Å². The molecule has 34 heavy (non-hydrogen) atoms. The molecule has 12 nitrogen and oxygen atoms in total. The molecule has 10 atom stereocenters. The Kier molecular flexibility index (Phi) is 7.14. The van der Waals surface area contributed by atoms with Crippen molar-refractivity contribution in [1.29, 1.82) is 0 Å². The van der Waals surface area contributed by atoms with Gasteiger partial charge in [-0.15, -0.1) is 0 Å². The molecular formula is C21H29FO12. The minimum absolute atomic E-state index is 0.166. The van der Waals surface area contributed by atoms with Crippen molar-refractivity contribution in [3.8, 4) is 0 Å². The monoisotopic (exact) mass is 492 g/mol. The van der Waals surface area contributed by atoms with Crippen molar-refractivity contribution in [3.05, 3.63) is 0 Å². The van der Waals surface area contributed by atoms with E-state index in [1.807, 2.05) is 0 Å². The third-order valence-electron chi connectivity index (χ3n) is 5.77. The summed E-state index contributed by atoms with van der Waals surface area (Å²) in [4.78, 5) is 34.8. The Hall–Kier alpha value is -1.90. The predicted octanol–water partition coefficient (Wildman–Crippen LogP) is 0.136. The fraction of sp³-hybridized carbons (Fsp3) is 0.857. The van der Waals surface area contributed by atoms with Crippen molar-refractivity contribution < 1.29 is 61.4 Å². The molecule has 0 N–H and O–H groups in total. The number of fused-ring (bicyclic) bond motifs is 4. The molecule has 4 heterocycles. The van der Waals surface area contributed by atoms with E-state index in [0.29, 0.717) is 0 Å². The molecule has 4 saturated heterocycles. The van der Waals surface area contributed by atoms with Crippen molar-refractivity contribution >= 4 is 17.9 Å². The lowest BCUT2D eigenvalue weighted by Crippen LogP contribution is -2.63. The minimum Gasteiger partial charge on any atom is -0.463 e. The standard InChI is InChI=1S/C21H29FO12/c1-8(23)26-6-11-14(28-9(2)24)16(29-10(3)25)13(22)19(30-11)32-15-12-7-27-20(31-12)18-17(15)33-21(4,5)34-18/h11-20H,6-7H2,1-5H3/t11-,12-,13-,14-,15-,16-,17+,18+,19-,20-/m1/s1. The molecule has 2 bridgehead atoms. The summed E-state index contributed by atoms with van der Waals surface area (Å²) in [6, 6.07) is 0. The number of alkyl halides is 1. The van der Waals surface area contributed by atoms with Gasteiger partial charge in [0.2, 0.25) is 0 Å². The van der Waals surface area contributed by atoms with Gasteiger partial charge in [-0.1, -0.05) is 0 Å². The van der Waals surface area contributed by atoms with Crippen LogP contribution >= 0.6 is 0 Å². The Morgan fingerprint density at radius 1 is 0.912 bits per heavy atom. The molecule has 0 aromatic rings. The quantitative estimate of drug-likeness (QED) is 0.369. The molecular weight excluding hydrogens is 463 g/mol. The van der Waals surface area contributed by atoms with Gasteiger partial charge in [0.05, 0.1) is 6.61 Å². The summed E-state index contributed by atoms with van der Waals surface area (Å²) < 4.78 is 66.1. The summed E-state index contributed by atoms with van der Waals surface area (Å²) >= 11 is 0. The lowest BCUT2D eigenvalue weighted by molar-refractivity contribution is -0.323. The fourth-order valence-electron chi connectivity index (χ4n) is 4.57. The van der Waals surface area contributed by atoms with Crippen molar-refractivity contribution in [1.82, 2.24) is 0 Å². The molecule has 4 aliphatic rings. The van der Waals surface area contributed by atoms with Crippen LogP contribution in [0.3, 0.4) is 0 Å². The number of esters is 3. The number of hydrogen-bond donors (Lipinski definition) is 0. The zero-order valence-corrected chi connectivity index (χ0v) is 19.5. The van der Waals surface area contributed by atoms with Gasteiger partial charge in [0.25, 0.3) is 0 Å². The predicted molar refractivity (Wildman–Crippen MR) is 105 cm³/mol. The maximum atomic E-state index is 15.7.